The van der Waals surface area contributed by atoms with Crippen LogP contribution in [-0.4, -0.2) is 40.6 Å². The molecule has 3 atom stereocenters. The van der Waals surface area contributed by atoms with Crippen molar-refractivity contribution in [2.24, 2.45) is 0 Å². The number of nitrogens with one attached hydrogen (secondary N) is 4. The first-order valence-electron chi connectivity index (χ1n) is 11.6. The fourth-order valence-corrected chi connectivity index (χ4v) is 4.05. The van der Waals surface area contributed by atoms with E-state index in [1.54, 1.807) is 6.07 Å². The lowest BCUT2D eigenvalue weighted by Crippen LogP contribution is -2.46. The Bertz CT molecular complexity index is 1010. The van der Waals surface area contributed by atoms with Crippen LogP contribution in [0.3, 0.4) is 0 Å². The summed E-state index contributed by atoms with van der Waals surface area (Å²) in [5.74, 6) is 0.108. The van der Waals surface area contributed by atoms with Crippen LogP contribution in [0, 0.1) is 0 Å². The van der Waals surface area contributed by atoms with Gasteiger partial charge >= 0.3 is 0 Å². The van der Waals surface area contributed by atoms with Crippen molar-refractivity contribution in [3.8, 4) is 0 Å². The maximum absolute atomic E-state index is 12.8. The smallest absolute Gasteiger partial charge is 0.269 e. The summed E-state index contributed by atoms with van der Waals surface area (Å²) in [6.45, 7) is 1.33. The number of hydrogen-bond acceptors (Lipinski definition) is 4. The van der Waals surface area contributed by atoms with Crippen molar-refractivity contribution in [3.63, 3.8) is 0 Å². The highest BCUT2D eigenvalue weighted by atomic mass is 16.2. The molecular weight excluding hydrogens is 414 g/mol. The molecule has 2 amide bonds. The minimum Gasteiger partial charge on any atom is -0.350 e. The van der Waals surface area contributed by atoms with Crippen molar-refractivity contribution in [2.75, 3.05) is 6.54 Å². The van der Waals surface area contributed by atoms with Gasteiger partial charge in [0, 0.05) is 24.7 Å². The highest BCUT2D eigenvalue weighted by Gasteiger charge is 2.37. The van der Waals surface area contributed by atoms with Gasteiger partial charge in [0.25, 0.3) is 5.91 Å². The number of rotatable bonds is 12. The third-order valence-electron chi connectivity index (χ3n) is 6.02. The molecule has 1 aromatic heterocycles. The molecule has 0 aliphatic heterocycles. The highest BCUT2D eigenvalue weighted by molar-refractivity contribution is 5.96. The standard InChI is InChI=1S/C26H31N5O2/c32-25(28-18-19-9-3-1-4-10-19)22(30-26(33)23-14-16-29-31-23)13-7-8-15-27-24-17-21(24)20-11-5-2-6-12-20/h1-6,9-12,14,16,21-22,24,27H,7-8,13,15,17-18H2,(H,28,32)(H,29,31)(H,30,33). The second-order valence-electron chi connectivity index (χ2n) is 8.51. The first-order valence-corrected chi connectivity index (χ1v) is 11.6. The van der Waals surface area contributed by atoms with E-state index < -0.39 is 6.04 Å². The van der Waals surface area contributed by atoms with E-state index in [-0.39, 0.29) is 11.8 Å². The number of H-pyrrole nitrogens is 1. The summed E-state index contributed by atoms with van der Waals surface area (Å²) in [7, 11) is 0. The van der Waals surface area contributed by atoms with Gasteiger partial charge in [-0.3, -0.25) is 14.7 Å². The molecule has 172 valence electrons. The van der Waals surface area contributed by atoms with Gasteiger partial charge in [-0.25, -0.2) is 0 Å². The molecule has 0 bridgehead atoms. The molecule has 7 nitrogen and oxygen atoms in total. The SMILES string of the molecule is O=C(NC(CCCCNC1CC1c1ccccc1)C(=O)NCc1ccccc1)c1ccn[nH]1. The minimum absolute atomic E-state index is 0.175. The predicted octanol–water partition coefficient (Wildman–Crippen LogP) is 3.14. The summed E-state index contributed by atoms with van der Waals surface area (Å²) < 4.78 is 0. The van der Waals surface area contributed by atoms with Crippen molar-refractivity contribution in [1.29, 1.82) is 0 Å². The number of carbonyl (C=O) groups excluding carboxylic acids is 2. The van der Waals surface area contributed by atoms with Crippen molar-refractivity contribution in [3.05, 3.63) is 89.7 Å². The van der Waals surface area contributed by atoms with Gasteiger partial charge in [-0.15, -0.1) is 0 Å². The van der Waals surface area contributed by atoms with E-state index >= 15 is 0 Å². The van der Waals surface area contributed by atoms with E-state index in [0.29, 0.717) is 30.6 Å². The fraction of sp³-hybridized carbons (Fsp3) is 0.346. The van der Waals surface area contributed by atoms with Crippen molar-refractivity contribution >= 4 is 11.8 Å². The molecular formula is C26H31N5O2. The lowest BCUT2D eigenvalue weighted by molar-refractivity contribution is -0.123. The Morgan fingerprint density at radius 2 is 1.76 bits per heavy atom. The number of unbranched alkanes of at least 4 members (excludes halogenated alkanes) is 1. The topological polar surface area (TPSA) is 98.9 Å². The zero-order valence-corrected chi connectivity index (χ0v) is 18.7. The summed E-state index contributed by atoms with van der Waals surface area (Å²) >= 11 is 0. The Morgan fingerprint density at radius 1 is 1.00 bits per heavy atom. The number of carbonyl (C=O) groups is 2. The van der Waals surface area contributed by atoms with E-state index in [1.165, 1.54) is 18.2 Å². The van der Waals surface area contributed by atoms with Crippen LogP contribution < -0.4 is 16.0 Å². The van der Waals surface area contributed by atoms with E-state index in [4.69, 9.17) is 0 Å². The largest absolute Gasteiger partial charge is 0.350 e. The lowest BCUT2D eigenvalue weighted by Gasteiger charge is -2.18. The third-order valence-corrected chi connectivity index (χ3v) is 6.02. The molecule has 0 radical (unpaired) electrons. The van der Waals surface area contributed by atoms with Gasteiger partial charge in [0.2, 0.25) is 5.91 Å². The molecule has 33 heavy (non-hydrogen) atoms. The summed E-state index contributed by atoms with van der Waals surface area (Å²) in [5.41, 5.74) is 2.76. The van der Waals surface area contributed by atoms with Gasteiger partial charge in [-0.1, -0.05) is 60.7 Å². The lowest BCUT2D eigenvalue weighted by atomic mass is 10.1. The van der Waals surface area contributed by atoms with Gasteiger partial charge in [0.05, 0.1) is 0 Å². The van der Waals surface area contributed by atoms with Crippen LogP contribution in [0.2, 0.25) is 0 Å². The number of hydrogen-bond donors (Lipinski definition) is 4. The Morgan fingerprint density at radius 3 is 2.48 bits per heavy atom. The monoisotopic (exact) mass is 445 g/mol. The number of aromatic amines is 1. The molecule has 1 aliphatic rings. The molecule has 3 aromatic rings. The van der Waals surface area contributed by atoms with Crippen LogP contribution in [0.15, 0.2) is 72.9 Å². The van der Waals surface area contributed by atoms with Crippen LogP contribution in [0.4, 0.5) is 0 Å². The fourth-order valence-electron chi connectivity index (χ4n) is 4.05. The van der Waals surface area contributed by atoms with Gasteiger partial charge in [-0.05, 0) is 49.4 Å². The number of nitrogens with zero attached hydrogens (tertiary/aromatic N) is 1. The van der Waals surface area contributed by atoms with Gasteiger partial charge in [0.1, 0.15) is 11.7 Å². The molecule has 3 unspecified atom stereocenters. The zero-order valence-electron chi connectivity index (χ0n) is 18.7. The number of benzene rings is 2. The maximum Gasteiger partial charge on any atom is 0.269 e. The molecule has 7 heteroatoms. The van der Waals surface area contributed by atoms with Crippen LogP contribution >= 0.6 is 0 Å². The van der Waals surface area contributed by atoms with E-state index in [2.05, 4.69) is 50.4 Å². The Labute approximate surface area is 194 Å². The van der Waals surface area contributed by atoms with Gasteiger partial charge < -0.3 is 16.0 Å². The maximum atomic E-state index is 12.8. The number of amides is 2. The second-order valence-corrected chi connectivity index (χ2v) is 8.51. The highest BCUT2D eigenvalue weighted by Crippen LogP contribution is 2.40. The Balaban J connectivity index is 1.22. The zero-order chi connectivity index (χ0) is 22.9. The molecule has 1 aliphatic carbocycles. The molecule has 0 saturated heterocycles. The van der Waals surface area contributed by atoms with Gasteiger partial charge in [0.15, 0.2) is 0 Å². The average Bonchev–Trinajstić information content (AvgIpc) is 3.41. The molecule has 2 aromatic carbocycles. The quantitative estimate of drug-likeness (QED) is 0.322. The van der Waals surface area contributed by atoms with E-state index in [1.807, 2.05) is 36.4 Å². The molecule has 1 heterocycles. The molecule has 4 N–H and O–H groups in total. The van der Waals surface area contributed by atoms with Crippen LogP contribution in [-0.2, 0) is 11.3 Å². The van der Waals surface area contributed by atoms with Crippen LogP contribution in [0.5, 0.6) is 0 Å². The average molecular weight is 446 g/mol. The first-order chi connectivity index (χ1) is 16.2. The van der Waals surface area contributed by atoms with Crippen LogP contribution in [0.1, 0.15) is 53.2 Å². The third kappa shape index (κ3) is 6.76. The van der Waals surface area contributed by atoms with E-state index in [9.17, 15) is 9.59 Å². The second kappa shape index (κ2) is 11.4. The molecule has 1 saturated carbocycles. The molecule has 1 fully saturated rings. The van der Waals surface area contributed by atoms with Crippen molar-refractivity contribution < 1.29 is 9.59 Å². The van der Waals surface area contributed by atoms with Gasteiger partial charge in [-0.2, -0.15) is 5.10 Å². The first kappa shape index (κ1) is 22.7. The Hall–Kier alpha value is -3.45. The summed E-state index contributed by atoms with van der Waals surface area (Å²) in [5, 5.41) is 15.9. The van der Waals surface area contributed by atoms with E-state index in [0.717, 1.165) is 24.9 Å². The summed E-state index contributed by atoms with van der Waals surface area (Å²) in [4.78, 5) is 25.3. The summed E-state index contributed by atoms with van der Waals surface area (Å²) in [6, 6.07) is 21.9. The normalized spacial score (nSPS) is 17.8. The molecule has 4 rings (SSSR count). The number of aromatic nitrogens is 2. The van der Waals surface area contributed by atoms with Crippen molar-refractivity contribution in [1.82, 2.24) is 26.1 Å². The minimum atomic E-state index is -0.595. The molecule has 0 spiro atoms. The van der Waals surface area contributed by atoms with Crippen molar-refractivity contribution in [2.45, 2.75) is 50.2 Å². The predicted molar refractivity (Wildman–Crippen MR) is 128 cm³/mol. The van der Waals surface area contributed by atoms with Crippen LogP contribution in [0.25, 0.3) is 0 Å². The summed E-state index contributed by atoms with van der Waals surface area (Å²) in [6.07, 6.45) is 5.05. The Kier molecular flexibility index (Phi) is 7.87.